The zero-order chi connectivity index (χ0) is 17.1. The topological polar surface area (TPSA) is 45.0 Å². The van der Waals surface area contributed by atoms with Crippen LogP contribution in [0.1, 0.15) is 11.1 Å². The number of fused-ring (bicyclic) bond motifs is 2. The van der Waals surface area contributed by atoms with E-state index in [2.05, 4.69) is 28.4 Å². The minimum absolute atomic E-state index is 0.221. The van der Waals surface area contributed by atoms with Gasteiger partial charge in [0.2, 0.25) is 0 Å². The number of hydrogen-bond acceptors (Lipinski definition) is 3. The third-order valence-corrected chi connectivity index (χ3v) is 4.16. The predicted octanol–water partition coefficient (Wildman–Crippen LogP) is 5.15. The number of benzene rings is 4. The van der Waals surface area contributed by atoms with Gasteiger partial charge in [-0.2, -0.15) is 10.2 Å². The standard InChI is InChI=1S/C22H16N2O/c25-20-12-17-7-2-4-11-22(17)19(13-20)15-24-23-14-18-9-5-8-16-6-1-3-10-21(16)18/h1-15,25H. The first-order valence-electron chi connectivity index (χ1n) is 8.07. The average molecular weight is 324 g/mol. The highest BCUT2D eigenvalue weighted by atomic mass is 16.3. The van der Waals surface area contributed by atoms with E-state index >= 15 is 0 Å². The molecule has 0 heterocycles. The van der Waals surface area contributed by atoms with Gasteiger partial charge in [-0.3, -0.25) is 0 Å². The molecule has 3 heteroatoms. The van der Waals surface area contributed by atoms with Crippen LogP contribution in [-0.4, -0.2) is 17.5 Å². The highest BCUT2D eigenvalue weighted by Crippen LogP contribution is 2.23. The molecule has 4 aromatic rings. The smallest absolute Gasteiger partial charge is 0.116 e. The number of phenolic OH excluding ortho intramolecular Hbond substituents is 1. The van der Waals surface area contributed by atoms with Crippen LogP contribution in [0.3, 0.4) is 0 Å². The van der Waals surface area contributed by atoms with Crippen molar-refractivity contribution in [3.05, 3.63) is 90.0 Å². The summed E-state index contributed by atoms with van der Waals surface area (Å²) in [6.07, 6.45) is 3.42. The van der Waals surface area contributed by atoms with E-state index in [1.807, 2.05) is 48.5 Å². The lowest BCUT2D eigenvalue weighted by Crippen LogP contribution is -1.86. The Kier molecular flexibility index (Phi) is 3.97. The predicted molar refractivity (Wildman–Crippen MR) is 105 cm³/mol. The van der Waals surface area contributed by atoms with E-state index in [0.29, 0.717) is 0 Å². The summed E-state index contributed by atoms with van der Waals surface area (Å²) < 4.78 is 0. The lowest BCUT2D eigenvalue weighted by molar-refractivity contribution is 0.476. The van der Waals surface area contributed by atoms with Crippen molar-refractivity contribution in [2.45, 2.75) is 0 Å². The SMILES string of the molecule is Oc1cc(C=NN=Cc2cccc3ccccc23)c2ccccc2c1. The first-order valence-corrected chi connectivity index (χ1v) is 8.07. The molecule has 0 unspecified atom stereocenters. The van der Waals surface area contributed by atoms with E-state index < -0.39 is 0 Å². The van der Waals surface area contributed by atoms with Crippen molar-refractivity contribution in [1.29, 1.82) is 0 Å². The van der Waals surface area contributed by atoms with Crippen LogP contribution in [0, 0.1) is 0 Å². The van der Waals surface area contributed by atoms with Gasteiger partial charge in [0.1, 0.15) is 5.75 Å². The summed E-state index contributed by atoms with van der Waals surface area (Å²) in [5.74, 6) is 0.221. The van der Waals surface area contributed by atoms with E-state index in [-0.39, 0.29) is 5.75 Å². The second-order valence-corrected chi connectivity index (χ2v) is 5.81. The molecule has 3 nitrogen and oxygen atoms in total. The fourth-order valence-electron chi connectivity index (χ4n) is 2.98. The quantitative estimate of drug-likeness (QED) is 0.411. The summed E-state index contributed by atoms with van der Waals surface area (Å²) in [5, 5.41) is 22.5. The summed E-state index contributed by atoms with van der Waals surface area (Å²) in [6, 6.07) is 25.6. The molecule has 0 saturated heterocycles. The number of nitrogens with zero attached hydrogens (tertiary/aromatic N) is 2. The average Bonchev–Trinajstić information content (AvgIpc) is 2.65. The van der Waals surface area contributed by atoms with Gasteiger partial charge in [0.05, 0.1) is 12.4 Å². The Bertz CT molecular complexity index is 1110. The van der Waals surface area contributed by atoms with Gasteiger partial charge in [0, 0.05) is 11.1 Å². The lowest BCUT2D eigenvalue weighted by Gasteiger charge is -2.02. The van der Waals surface area contributed by atoms with Crippen LogP contribution in [0.5, 0.6) is 5.75 Å². The monoisotopic (exact) mass is 324 g/mol. The third kappa shape index (κ3) is 3.12. The summed E-state index contributed by atoms with van der Waals surface area (Å²) in [7, 11) is 0. The van der Waals surface area contributed by atoms with Crippen LogP contribution < -0.4 is 0 Å². The molecular weight excluding hydrogens is 308 g/mol. The summed E-state index contributed by atoms with van der Waals surface area (Å²) >= 11 is 0. The van der Waals surface area contributed by atoms with Crippen LogP contribution >= 0.6 is 0 Å². The van der Waals surface area contributed by atoms with Gasteiger partial charge in [0.25, 0.3) is 0 Å². The van der Waals surface area contributed by atoms with Crippen LogP contribution in [0.2, 0.25) is 0 Å². The van der Waals surface area contributed by atoms with Gasteiger partial charge in [-0.25, -0.2) is 0 Å². The van der Waals surface area contributed by atoms with Gasteiger partial charge in [-0.1, -0.05) is 66.7 Å². The first-order chi connectivity index (χ1) is 12.3. The number of aromatic hydroxyl groups is 1. The number of hydrogen-bond donors (Lipinski definition) is 1. The van der Waals surface area contributed by atoms with E-state index in [0.717, 1.165) is 27.3 Å². The van der Waals surface area contributed by atoms with Crippen molar-refractivity contribution in [2.75, 3.05) is 0 Å². The molecule has 0 aliphatic heterocycles. The summed E-state index contributed by atoms with van der Waals surface area (Å²) in [4.78, 5) is 0. The number of rotatable bonds is 3. The van der Waals surface area contributed by atoms with Gasteiger partial charge < -0.3 is 5.11 Å². The van der Waals surface area contributed by atoms with Gasteiger partial charge in [-0.05, 0) is 33.7 Å². The van der Waals surface area contributed by atoms with Gasteiger partial charge in [0.15, 0.2) is 0 Å². The molecule has 0 atom stereocenters. The minimum atomic E-state index is 0.221. The van der Waals surface area contributed by atoms with Crippen LogP contribution in [0.4, 0.5) is 0 Å². The molecule has 1 N–H and O–H groups in total. The van der Waals surface area contributed by atoms with Crippen molar-refractivity contribution in [3.8, 4) is 5.75 Å². The summed E-state index contributed by atoms with van der Waals surface area (Å²) in [6.45, 7) is 0. The fourth-order valence-corrected chi connectivity index (χ4v) is 2.98. The molecule has 0 amide bonds. The highest BCUT2D eigenvalue weighted by molar-refractivity contribution is 6.02. The van der Waals surface area contributed by atoms with Crippen LogP contribution in [0.25, 0.3) is 21.5 Å². The maximum atomic E-state index is 9.86. The van der Waals surface area contributed by atoms with Crippen molar-refractivity contribution < 1.29 is 5.11 Å². The van der Waals surface area contributed by atoms with Crippen LogP contribution in [-0.2, 0) is 0 Å². The summed E-state index contributed by atoms with van der Waals surface area (Å²) in [5.41, 5.74) is 1.86. The Morgan fingerprint density at radius 2 is 1.20 bits per heavy atom. The minimum Gasteiger partial charge on any atom is -0.508 e. The van der Waals surface area contributed by atoms with E-state index in [1.165, 1.54) is 5.39 Å². The van der Waals surface area contributed by atoms with E-state index in [4.69, 9.17) is 0 Å². The molecule has 25 heavy (non-hydrogen) atoms. The van der Waals surface area contributed by atoms with Crippen molar-refractivity contribution >= 4 is 34.0 Å². The van der Waals surface area contributed by atoms with Gasteiger partial charge in [-0.15, -0.1) is 0 Å². The largest absolute Gasteiger partial charge is 0.508 e. The Hall–Kier alpha value is -3.46. The first kappa shape index (κ1) is 15.1. The second-order valence-electron chi connectivity index (χ2n) is 5.81. The molecule has 120 valence electrons. The van der Waals surface area contributed by atoms with E-state index in [9.17, 15) is 5.11 Å². The van der Waals surface area contributed by atoms with E-state index in [1.54, 1.807) is 24.6 Å². The normalized spacial score (nSPS) is 11.8. The van der Waals surface area contributed by atoms with Crippen molar-refractivity contribution in [2.24, 2.45) is 10.2 Å². The maximum Gasteiger partial charge on any atom is 0.116 e. The molecular formula is C22H16N2O. The Morgan fingerprint density at radius 3 is 2.00 bits per heavy atom. The van der Waals surface area contributed by atoms with Crippen LogP contribution in [0.15, 0.2) is 89.1 Å². The molecule has 0 fully saturated rings. The van der Waals surface area contributed by atoms with Gasteiger partial charge >= 0.3 is 0 Å². The van der Waals surface area contributed by atoms with Crippen molar-refractivity contribution in [1.82, 2.24) is 0 Å². The molecule has 0 aliphatic carbocycles. The third-order valence-electron chi connectivity index (χ3n) is 4.16. The van der Waals surface area contributed by atoms with Crippen molar-refractivity contribution in [3.63, 3.8) is 0 Å². The number of phenols is 1. The molecule has 0 aliphatic rings. The Balaban J connectivity index is 1.66. The molecule has 0 aromatic heterocycles. The molecule has 0 spiro atoms. The molecule has 0 saturated carbocycles. The fraction of sp³-hybridized carbons (Fsp3) is 0. The second kappa shape index (κ2) is 6.57. The molecule has 4 aromatic carbocycles. The Morgan fingerprint density at radius 1 is 0.600 bits per heavy atom. The zero-order valence-electron chi connectivity index (χ0n) is 13.5. The lowest BCUT2D eigenvalue weighted by atomic mass is 10.0. The molecule has 0 bridgehead atoms. The molecule has 0 radical (unpaired) electrons. The molecule has 4 rings (SSSR count). The highest BCUT2D eigenvalue weighted by Gasteiger charge is 2.01. The zero-order valence-corrected chi connectivity index (χ0v) is 13.5. The Labute approximate surface area is 145 Å². The maximum absolute atomic E-state index is 9.86.